The minimum atomic E-state index is -1.11. The van der Waals surface area contributed by atoms with Crippen molar-refractivity contribution in [2.24, 2.45) is 5.73 Å². The van der Waals surface area contributed by atoms with E-state index in [2.05, 4.69) is 10.2 Å². The van der Waals surface area contributed by atoms with E-state index in [-0.39, 0.29) is 0 Å². The van der Waals surface area contributed by atoms with Crippen LogP contribution in [0.4, 0.5) is 4.79 Å². The molecular weight excluding hydrogens is 126 g/mol. The van der Waals surface area contributed by atoms with Gasteiger partial charge < -0.3 is 14.6 Å². The van der Waals surface area contributed by atoms with E-state index in [1.807, 2.05) is 6.92 Å². The van der Waals surface area contributed by atoms with Crippen LogP contribution in [-0.4, -0.2) is 22.7 Å². The Bertz CT molecular complexity index is 76.9. The monoisotopic (exact) mass is 135 g/mol. The Morgan fingerprint density at radius 2 is 2.50 bits per heavy atom. The fourth-order valence-electron chi connectivity index (χ4n) is 0.183. The number of rotatable bonds is 3. The number of amides is 1. The third kappa shape index (κ3) is 5.45. The quantitative estimate of drug-likeness (QED) is 0.403. The van der Waals surface area contributed by atoms with E-state index < -0.39 is 16.1 Å². The van der Waals surface area contributed by atoms with Gasteiger partial charge in [-0.1, -0.05) is 0 Å². The van der Waals surface area contributed by atoms with E-state index in [0.29, 0.717) is 6.61 Å². The molecule has 4 nitrogen and oxygen atoms in total. The summed E-state index contributed by atoms with van der Waals surface area (Å²) in [5.74, 6) is 0. The summed E-state index contributed by atoms with van der Waals surface area (Å²) >= 11 is 0. The van der Waals surface area contributed by atoms with Crippen LogP contribution in [0, 0.1) is 0 Å². The Morgan fingerprint density at radius 1 is 1.88 bits per heavy atom. The number of hydrogen-bond donors (Lipinski definition) is 1. The van der Waals surface area contributed by atoms with Crippen LogP contribution >= 0.6 is 0 Å². The number of hydrogen-bond acceptors (Lipinski definition) is 3. The molecule has 0 bridgehead atoms. The summed E-state index contributed by atoms with van der Waals surface area (Å²) in [4.78, 5) is 9.83. The molecule has 0 aromatic heterocycles. The van der Waals surface area contributed by atoms with E-state index in [1.54, 1.807) is 0 Å². The summed E-state index contributed by atoms with van der Waals surface area (Å²) in [5, 5.41) is 0. The second-order valence-electron chi connectivity index (χ2n) is 1.07. The highest BCUT2D eigenvalue weighted by Gasteiger charge is 1.90. The first-order valence-corrected chi connectivity index (χ1v) is 3.42. The summed E-state index contributed by atoms with van der Waals surface area (Å²) in [7, 11) is -1.11. The predicted molar refractivity (Wildman–Crippen MR) is 30.8 cm³/mol. The van der Waals surface area contributed by atoms with Gasteiger partial charge >= 0.3 is 16.1 Å². The molecule has 0 atom stereocenters. The Hall–Kier alpha value is -0.553. The van der Waals surface area contributed by atoms with Crippen LogP contribution in [0.15, 0.2) is 0 Å². The molecular formula is C3H9NO3Si. The van der Waals surface area contributed by atoms with Gasteiger partial charge in [-0.05, 0) is 6.92 Å². The van der Waals surface area contributed by atoms with Crippen LogP contribution in [0.2, 0.25) is 0 Å². The molecule has 0 fully saturated rings. The second-order valence-corrected chi connectivity index (χ2v) is 2.01. The van der Waals surface area contributed by atoms with Crippen molar-refractivity contribution in [3.05, 3.63) is 0 Å². The van der Waals surface area contributed by atoms with Gasteiger partial charge in [0.1, 0.15) is 0 Å². The van der Waals surface area contributed by atoms with Crippen LogP contribution in [0.3, 0.4) is 0 Å². The first-order chi connectivity index (χ1) is 3.77. The van der Waals surface area contributed by atoms with Crippen molar-refractivity contribution in [1.82, 2.24) is 0 Å². The summed E-state index contributed by atoms with van der Waals surface area (Å²) in [6.07, 6.45) is -0.745. The average Bonchev–Trinajstić information content (AvgIpc) is 1.66. The summed E-state index contributed by atoms with van der Waals surface area (Å²) < 4.78 is 9.10. The van der Waals surface area contributed by atoms with E-state index in [1.165, 1.54) is 0 Å². The number of primary amides is 1. The van der Waals surface area contributed by atoms with E-state index in [0.717, 1.165) is 0 Å². The van der Waals surface area contributed by atoms with Crippen molar-refractivity contribution >= 4 is 16.1 Å². The van der Waals surface area contributed by atoms with Crippen LogP contribution in [0.5, 0.6) is 0 Å². The molecule has 0 spiro atoms. The zero-order chi connectivity index (χ0) is 6.41. The fourth-order valence-corrected chi connectivity index (χ4v) is 0.549. The lowest BCUT2D eigenvalue weighted by Gasteiger charge is -1.97. The number of carbonyl (C=O) groups excluding carboxylic acids is 1. The normalized spacial score (nSPS) is 10.1. The zero-order valence-electron chi connectivity index (χ0n) is 4.72. The lowest BCUT2D eigenvalue weighted by atomic mass is 10.9. The van der Waals surface area contributed by atoms with Gasteiger partial charge in [-0.3, -0.25) is 0 Å². The van der Waals surface area contributed by atoms with Gasteiger partial charge in [0.25, 0.3) is 0 Å². The summed E-state index contributed by atoms with van der Waals surface area (Å²) in [6, 6.07) is 0. The second kappa shape index (κ2) is 4.60. The molecule has 0 heterocycles. The predicted octanol–water partition coefficient (Wildman–Crippen LogP) is -0.883. The SMILES string of the molecule is CCO[SiH2]OC(N)=O. The molecule has 8 heavy (non-hydrogen) atoms. The Morgan fingerprint density at radius 3 is 2.88 bits per heavy atom. The average molecular weight is 135 g/mol. The Balaban J connectivity index is 2.82. The van der Waals surface area contributed by atoms with E-state index in [9.17, 15) is 4.79 Å². The van der Waals surface area contributed by atoms with Crippen LogP contribution in [0.25, 0.3) is 0 Å². The minimum Gasteiger partial charge on any atom is -0.483 e. The van der Waals surface area contributed by atoms with Crippen molar-refractivity contribution in [2.45, 2.75) is 6.92 Å². The molecule has 48 valence electrons. The molecule has 0 aromatic carbocycles. The van der Waals surface area contributed by atoms with Gasteiger partial charge in [0.05, 0.1) is 0 Å². The molecule has 0 aliphatic heterocycles. The Kier molecular flexibility index (Phi) is 4.28. The summed E-state index contributed by atoms with van der Waals surface area (Å²) in [5.41, 5.74) is 4.63. The maximum absolute atomic E-state index is 9.83. The minimum absolute atomic E-state index is 0.583. The highest BCUT2D eigenvalue weighted by atomic mass is 28.3. The van der Waals surface area contributed by atoms with Crippen molar-refractivity contribution in [1.29, 1.82) is 0 Å². The van der Waals surface area contributed by atoms with Gasteiger partial charge in [-0.2, -0.15) is 0 Å². The molecule has 0 radical (unpaired) electrons. The highest BCUT2D eigenvalue weighted by molar-refractivity contribution is 6.21. The standard InChI is InChI=1S/C3H9NO3Si/c1-2-6-8-7-3(4)5/h2,8H2,1H3,(H2,4,5). The van der Waals surface area contributed by atoms with Crippen molar-refractivity contribution < 1.29 is 13.6 Å². The number of carbonyl (C=O) groups is 1. The van der Waals surface area contributed by atoms with Crippen LogP contribution < -0.4 is 5.73 Å². The van der Waals surface area contributed by atoms with E-state index >= 15 is 0 Å². The van der Waals surface area contributed by atoms with Crippen molar-refractivity contribution in [3.8, 4) is 0 Å². The number of nitrogens with two attached hydrogens (primary N) is 1. The maximum Gasteiger partial charge on any atom is 0.392 e. The molecule has 1 amide bonds. The third-order valence-corrected chi connectivity index (χ3v) is 1.47. The molecule has 0 aliphatic carbocycles. The molecule has 0 rings (SSSR count). The topological polar surface area (TPSA) is 61.6 Å². The third-order valence-electron chi connectivity index (χ3n) is 0.489. The molecule has 0 unspecified atom stereocenters. The molecule has 0 saturated carbocycles. The van der Waals surface area contributed by atoms with Gasteiger partial charge in [-0.25, -0.2) is 4.79 Å². The van der Waals surface area contributed by atoms with Gasteiger partial charge in [0.15, 0.2) is 0 Å². The molecule has 0 saturated heterocycles. The van der Waals surface area contributed by atoms with Gasteiger partial charge in [0, 0.05) is 6.61 Å². The lowest BCUT2D eigenvalue weighted by Crippen LogP contribution is -2.17. The maximum atomic E-state index is 9.83. The van der Waals surface area contributed by atoms with Crippen LogP contribution in [0.1, 0.15) is 6.92 Å². The summed E-state index contributed by atoms with van der Waals surface area (Å²) in [6.45, 7) is 2.41. The van der Waals surface area contributed by atoms with Crippen molar-refractivity contribution in [3.63, 3.8) is 0 Å². The molecule has 0 aromatic rings. The van der Waals surface area contributed by atoms with Crippen LogP contribution in [-0.2, 0) is 8.85 Å². The highest BCUT2D eigenvalue weighted by Crippen LogP contribution is 1.71. The van der Waals surface area contributed by atoms with E-state index in [4.69, 9.17) is 4.43 Å². The Labute approximate surface area is 50.0 Å². The first-order valence-electron chi connectivity index (χ1n) is 2.27. The zero-order valence-corrected chi connectivity index (χ0v) is 6.13. The largest absolute Gasteiger partial charge is 0.483 e. The molecule has 5 heteroatoms. The van der Waals surface area contributed by atoms with Gasteiger partial charge in [-0.15, -0.1) is 0 Å². The fraction of sp³-hybridized carbons (Fsp3) is 0.667. The lowest BCUT2D eigenvalue weighted by molar-refractivity contribution is 0.197. The molecule has 2 N–H and O–H groups in total. The van der Waals surface area contributed by atoms with Crippen molar-refractivity contribution in [2.75, 3.05) is 6.61 Å². The smallest absolute Gasteiger partial charge is 0.392 e. The van der Waals surface area contributed by atoms with Gasteiger partial charge in [0.2, 0.25) is 0 Å². The molecule has 0 aliphatic rings. The first kappa shape index (κ1) is 7.45.